The summed E-state index contributed by atoms with van der Waals surface area (Å²) < 4.78 is 25.5. The van der Waals surface area contributed by atoms with Crippen molar-refractivity contribution >= 4 is 21.6 Å². The van der Waals surface area contributed by atoms with Crippen molar-refractivity contribution in [2.24, 2.45) is 0 Å². The maximum Gasteiger partial charge on any atom is 0.232 e. The third-order valence-electron chi connectivity index (χ3n) is 3.91. The Bertz CT molecular complexity index is 804. The highest BCUT2D eigenvalue weighted by Crippen LogP contribution is 2.21. The fourth-order valence-electron chi connectivity index (χ4n) is 2.60. The number of para-hydroxylation sites is 1. The molecule has 0 bridgehead atoms. The van der Waals surface area contributed by atoms with Gasteiger partial charge in [0.1, 0.15) is 0 Å². The van der Waals surface area contributed by atoms with Crippen LogP contribution < -0.4 is 9.62 Å². The normalized spacial score (nSPS) is 11.1. The zero-order valence-corrected chi connectivity index (χ0v) is 15.4. The standard InChI is InChI=1S/C19H24N2O3S/c1-16-8-6-7-11-18(16)21(25(2,23)24)15-14-20-19(22)13-12-17-9-4-3-5-10-17/h3-11H,12-15H2,1-2H3,(H,20,22). The van der Waals surface area contributed by atoms with Crippen LogP contribution in [0.1, 0.15) is 17.5 Å². The van der Waals surface area contributed by atoms with Gasteiger partial charge in [0.15, 0.2) is 0 Å². The van der Waals surface area contributed by atoms with E-state index in [1.54, 1.807) is 12.1 Å². The van der Waals surface area contributed by atoms with Gasteiger partial charge in [0, 0.05) is 13.0 Å². The Morgan fingerprint density at radius 1 is 1.04 bits per heavy atom. The second kappa shape index (κ2) is 8.67. The number of carbonyl (C=O) groups is 1. The number of hydrogen-bond donors (Lipinski definition) is 1. The Kier molecular flexibility index (Phi) is 6.58. The molecular weight excluding hydrogens is 336 g/mol. The predicted octanol–water partition coefficient (Wildman–Crippen LogP) is 2.51. The summed E-state index contributed by atoms with van der Waals surface area (Å²) in [6.07, 6.45) is 2.23. The molecule has 134 valence electrons. The predicted molar refractivity (Wildman–Crippen MR) is 101 cm³/mol. The van der Waals surface area contributed by atoms with Crippen molar-refractivity contribution in [2.75, 3.05) is 23.7 Å². The number of benzene rings is 2. The van der Waals surface area contributed by atoms with Gasteiger partial charge >= 0.3 is 0 Å². The summed E-state index contributed by atoms with van der Waals surface area (Å²) in [6.45, 7) is 2.35. The van der Waals surface area contributed by atoms with Crippen molar-refractivity contribution in [3.8, 4) is 0 Å². The molecule has 0 aliphatic heterocycles. The second-order valence-electron chi connectivity index (χ2n) is 5.96. The first-order valence-electron chi connectivity index (χ1n) is 8.22. The molecule has 5 nitrogen and oxygen atoms in total. The Morgan fingerprint density at radius 2 is 1.68 bits per heavy atom. The third-order valence-corrected chi connectivity index (χ3v) is 5.09. The molecule has 6 heteroatoms. The van der Waals surface area contributed by atoms with E-state index in [-0.39, 0.29) is 19.0 Å². The lowest BCUT2D eigenvalue weighted by Gasteiger charge is -2.24. The molecule has 1 N–H and O–H groups in total. The van der Waals surface area contributed by atoms with E-state index in [1.165, 1.54) is 10.6 Å². The first-order valence-corrected chi connectivity index (χ1v) is 10.1. The molecule has 0 aliphatic rings. The van der Waals surface area contributed by atoms with Crippen LogP contribution in [0.2, 0.25) is 0 Å². The largest absolute Gasteiger partial charge is 0.354 e. The number of amides is 1. The monoisotopic (exact) mass is 360 g/mol. The summed E-state index contributed by atoms with van der Waals surface area (Å²) in [7, 11) is -3.41. The number of sulfonamides is 1. The Hall–Kier alpha value is -2.34. The molecule has 0 fully saturated rings. The topological polar surface area (TPSA) is 66.5 Å². The van der Waals surface area contributed by atoms with Gasteiger partial charge < -0.3 is 5.32 Å². The molecule has 0 aromatic heterocycles. The molecule has 2 aromatic rings. The molecule has 0 unspecified atom stereocenters. The molecule has 0 atom stereocenters. The minimum Gasteiger partial charge on any atom is -0.354 e. The molecule has 0 aliphatic carbocycles. The minimum atomic E-state index is -3.41. The highest BCUT2D eigenvalue weighted by molar-refractivity contribution is 7.92. The lowest BCUT2D eigenvalue weighted by Crippen LogP contribution is -2.38. The lowest BCUT2D eigenvalue weighted by molar-refractivity contribution is -0.120. The summed E-state index contributed by atoms with van der Waals surface area (Å²) in [4.78, 5) is 12.0. The maximum atomic E-state index is 12.1. The number of aryl methyl sites for hydroxylation is 2. The van der Waals surface area contributed by atoms with Crippen LogP contribution in [0.25, 0.3) is 0 Å². The molecule has 0 heterocycles. The van der Waals surface area contributed by atoms with E-state index in [0.29, 0.717) is 18.5 Å². The van der Waals surface area contributed by atoms with Crippen LogP contribution in [0.4, 0.5) is 5.69 Å². The Labute approximate surface area is 149 Å². The fourth-order valence-corrected chi connectivity index (χ4v) is 3.58. The highest BCUT2D eigenvalue weighted by Gasteiger charge is 2.18. The van der Waals surface area contributed by atoms with E-state index in [4.69, 9.17) is 0 Å². The highest BCUT2D eigenvalue weighted by atomic mass is 32.2. The number of nitrogens with one attached hydrogen (secondary N) is 1. The molecule has 1 amide bonds. The van der Waals surface area contributed by atoms with Crippen LogP contribution in [-0.4, -0.2) is 33.7 Å². The third kappa shape index (κ3) is 5.90. The number of anilines is 1. The van der Waals surface area contributed by atoms with Gasteiger partial charge in [0.05, 0.1) is 18.5 Å². The summed E-state index contributed by atoms with van der Waals surface area (Å²) in [5.74, 6) is -0.0814. The first kappa shape index (κ1) is 19.0. The van der Waals surface area contributed by atoms with E-state index >= 15 is 0 Å². The van der Waals surface area contributed by atoms with Crippen LogP contribution in [0, 0.1) is 6.92 Å². The smallest absolute Gasteiger partial charge is 0.232 e. The maximum absolute atomic E-state index is 12.1. The molecule has 0 spiro atoms. The number of carbonyl (C=O) groups excluding carboxylic acids is 1. The molecule has 0 saturated carbocycles. The van der Waals surface area contributed by atoms with Gasteiger partial charge in [-0.05, 0) is 30.5 Å². The number of nitrogens with zero attached hydrogens (tertiary/aromatic N) is 1. The molecule has 25 heavy (non-hydrogen) atoms. The average molecular weight is 360 g/mol. The molecule has 2 rings (SSSR count). The van der Waals surface area contributed by atoms with E-state index in [2.05, 4.69) is 5.32 Å². The van der Waals surface area contributed by atoms with Crippen molar-refractivity contribution in [1.82, 2.24) is 5.32 Å². The van der Waals surface area contributed by atoms with Crippen LogP contribution in [0.3, 0.4) is 0 Å². The van der Waals surface area contributed by atoms with Gasteiger partial charge in [-0.25, -0.2) is 8.42 Å². The molecule has 0 radical (unpaired) electrons. The summed E-state index contributed by atoms with van der Waals surface area (Å²) >= 11 is 0. The van der Waals surface area contributed by atoms with Crippen LogP contribution in [-0.2, 0) is 21.2 Å². The van der Waals surface area contributed by atoms with Gasteiger partial charge in [0.25, 0.3) is 0 Å². The number of rotatable bonds is 8. The van der Waals surface area contributed by atoms with E-state index in [1.807, 2.05) is 49.4 Å². The lowest BCUT2D eigenvalue weighted by atomic mass is 10.1. The zero-order valence-electron chi connectivity index (χ0n) is 14.6. The Morgan fingerprint density at radius 3 is 2.32 bits per heavy atom. The van der Waals surface area contributed by atoms with E-state index in [9.17, 15) is 13.2 Å². The second-order valence-corrected chi connectivity index (χ2v) is 7.86. The van der Waals surface area contributed by atoms with E-state index < -0.39 is 10.0 Å². The first-order chi connectivity index (χ1) is 11.9. The van der Waals surface area contributed by atoms with Crippen molar-refractivity contribution in [2.45, 2.75) is 19.8 Å². The van der Waals surface area contributed by atoms with Gasteiger partial charge in [-0.1, -0.05) is 48.5 Å². The van der Waals surface area contributed by atoms with Gasteiger partial charge in [-0.2, -0.15) is 0 Å². The summed E-state index contributed by atoms with van der Waals surface area (Å²) in [6, 6.07) is 17.1. The van der Waals surface area contributed by atoms with Crippen molar-refractivity contribution in [3.63, 3.8) is 0 Å². The van der Waals surface area contributed by atoms with Crippen LogP contribution >= 0.6 is 0 Å². The van der Waals surface area contributed by atoms with Crippen LogP contribution in [0.15, 0.2) is 54.6 Å². The van der Waals surface area contributed by atoms with Crippen LogP contribution in [0.5, 0.6) is 0 Å². The summed E-state index contributed by atoms with van der Waals surface area (Å²) in [5, 5.41) is 2.80. The molecule has 2 aromatic carbocycles. The quantitative estimate of drug-likeness (QED) is 0.787. The minimum absolute atomic E-state index is 0.0814. The average Bonchev–Trinajstić information content (AvgIpc) is 2.58. The van der Waals surface area contributed by atoms with Gasteiger partial charge in [-0.15, -0.1) is 0 Å². The molecule has 0 saturated heterocycles. The Balaban J connectivity index is 1.89. The van der Waals surface area contributed by atoms with Gasteiger partial charge in [0.2, 0.25) is 15.9 Å². The van der Waals surface area contributed by atoms with Crippen molar-refractivity contribution in [1.29, 1.82) is 0 Å². The number of hydrogen-bond acceptors (Lipinski definition) is 3. The molecular formula is C19H24N2O3S. The van der Waals surface area contributed by atoms with E-state index in [0.717, 1.165) is 11.1 Å². The fraction of sp³-hybridized carbons (Fsp3) is 0.316. The SMILES string of the molecule is Cc1ccccc1N(CCNC(=O)CCc1ccccc1)S(C)(=O)=O. The van der Waals surface area contributed by atoms with Crippen molar-refractivity contribution < 1.29 is 13.2 Å². The zero-order chi connectivity index (χ0) is 18.3. The summed E-state index contributed by atoms with van der Waals surface area (Å²) in [5.41, 5.74) is 2.63. The van der Waals surface area contributed by atoms with Crippen molar-refractivity contribution in [3.05, 3.63) is 65.7 Å². The van der Waals surface area contributed by atoms with Gasteiger partial charge in [-0.3, -0.25) is 9.10 Å².